The summed E-state index contributed by atoms with van der Waals surface area (Å²) in [5, 5.41) is 0. The zero-order valence-corrected chi connectivity index (χ0v) is 8.95. The minimum absolute atomic E-state index is 0.548. The topological polar surface area (TPSA) is 0 Å². The molecule has 0 N–H and O–H groups in total. The monoisotopic (exact) mass is 182 g/mol. The fraction of sp³-hybridized carbons (Fsp3) is 0.818. The molecule has 2 aliphatic rings. The van der Waals surface area contributed by atoms with Gasteiger partial charge in [-0.15, -0.1) is 0 Å². The van der Waals surface area contributed by atoms with Crippen LogP contribution in [0.4, 0.5) is 0 Å². The Hall–Kier alpha value is 0.0900. The van der Waals surface area contributed by atoms with Gasteiger partial charge in [-0.2, -0.15) is 12.6 Å². The molecule has 0 bridgehead atoms. The first-order valence-corrected chi connectivity index (χ1v) is 5.58. The largest absolute Gasteiger partial charge is 0.178 e. The third-order valence-electron chi connectivity index (χ3n) is 3.85. The molecule has 0 nitrogen and oxygen atoms in total. The highest BCUT2D eigenvalue weighted by atomic mass is 32.1. The van der Waals surface area contributed by atoms with E-state index < -0.39 is 0 Å². The van der Waals surface area contributed by atoms with E-state index >= 15 is 0 Å². The van der Waals surface area contributed by atoms with Crippen LogP contribution in [-0.4, -0.2) is 5.75 Å². The Morgan fingerprint density at radius 2 is 2.33 bits per heavy atom. The summed E-state index contributed by atoms with van der Waals surface area (Å²) in [6, 6.07) is 0. The molecule has 0 radical (unpaired) electrons. The molecule has 0 aromatic rings. The van der Waals surface area contributed by atoms with Crippen molar-refractivity contribution in [2.75, 3.05) is 5.75 Å². The summed E-state index contributed by atoms with van der Waals surface area (Å²) in [7, 11) is 0. The Morgan fingerprint density at radius 1 is 1.58 bits per heavy atom. The van der Waals surface area contributed by atoms with Crippen LogP contribution < -0.4 is 0 Å². The van der Waals surface area contributed by atoms with Gasteiger partial charge in [0.1, 0.15) is 0 Å². The van der Waals surface area contributed by atoms with E-state index in [-0.39, 0.29) is 0 Å². The van der Waals surface area contributed by atoms with Crippen LogP contribution in [0.15, 0.2) is 11.6 Å². The molecule has 2 aliphatic carbocycles. The molecule has 2 atom stereocenters. The predicted octanol–water partition coefficient (Wildman–Crippen LogP) is 3.44. The van der Waals surface area contributed by atoms with Crippen molar-refractivity contribution in [3.05, 3.63) is 11.6 Å². The molecule has 0 saturated heterocycles. The molecule has 0 aliphatic heterocycles. The Kier molecular flexibility index (Phi) is 1.84. The van der Waals surface area contributed by atoms with E-state index in [9.17, 15) is 0 Å². The quantitative estimate of drug-likeness (QED) is 0.491. The molecule has 0 amide bonds. The van der Waals surface area contributed by atoms with Gasteiger partial charge in [0.15, 0.2) is 0 Å². The first kappa shape index (κ1) is 8.68. The van der Waals surface area contributed by atoms with Gasteiger partial charge in [0.05, 0.1) is 0 Å². The van der Waals surface area contributed by atoms with Gasteiger partial charge in [-0.25, -0.2) is 0 Å². The third-order valence-corrected chi connectivity index (χ3v) is 4.45. The molecule has 68 valence electrons. The number of hydrogen-bond acceptors (Lipinski definition) is 1. The Morgan fingerprint density at radius 3 is 2.92 bits per heavy atom. The maximum absolute atomic E-state index is 4.47. The van der Waals surface area contributed by atoms with E-state index in [0.29, 0.717) is 10.8 Å². The van der Waals surface area contributed by atoms with Gasteiger partial charge in [0, 0.05) is 5.41 Å². The fourth-order valence-electron chi connectivity index (χ4n) is 2.53. The van der Waals surface area contributed by atoms with Crippen molar-refractivity contribution in [3.8, 4) is 0 Å². The molecule has 2 rings (SSSR count). The van der Waals surface area contributed by atoms with Crippen molar-refractivity contribution in [1.29, 1.82) is 0 Å². The van der Waals surface area contributed by atoms with Crippen molar-refractivity contribution in [2.24, 2.45) is 10.8 Å². The van der Waals surface area contributed by atoms with E-state index in [0.717, 1.165) is 5.75 Å². The minimum Gasteiger partial charge on any atom is -0.178 e. The van der Waals surface area contributed by atoms with Crippen LogP contribution in [0.5, 0.6) is 0 Å². The zero-order chi connectivity index (χ0) is 8.82. The molecule has 12 heavy (non-hydrogen) atoms. The average molecular weight is 182 g/mol. The Labute approximate surface area is 80.8 Å². The summed E-state index contributed by atoms with van der Waals surface area (Å²) in [6.45, 7) is 4.73. The van der Waals surface area contributed by atoms with Crippen molar-refractivity contribution in [2.45, 2.75) is 39.5 Å². The molecule has 1 saturated carbocycles. The maximum Gasteiger partial charge on any atom is 0.00428 e. The lowest BCUT2D eigenvalue weighted by atomic mass is 9.72. The van der Waals surface area contributed by atoms with Crippen molar-refractivity contribution >= 4 is 12.6 Å². The zero-order valence-electron chi connectivity index (χ0n) is 8.06. The maximum atomic E-state index is 4.47. The Bertz CT molecular complexity index is 231. The predicted molar refractivity (Wildman–Crippen MR) is 56.6 cm³/mol. The van der Waals surface area contributed by atoms with E-state index in [1.54, 1.807) is 5.57 Å². The van der Waals surface area contributed by atoms with E-state index in [1.165, 1.54) is 25.7 Å². The van der Waals surface area contributed by atoms with Crippen molar-refractivity contribution in [1.82, 2.24) is 0 Å². The summed E-state index contributed by atoms with van der Waals surface area (Å²) in [6.07, 6.45) is 7.81. The third kappa shape index (κ3) is 1.14. The van der Waals surface area contributed by atoms with Gasteiger partial charge in [0.2, 0.25) is 0 Å². The van der Waals surface area contributed by atoms with Crippen molar-refractivity contribution in [3.63, 3.8) is 0 Å². The van der Waals surface area contributed by atoms with Crippen molar-refractivity contribution < 1.29 is 0 Å². The summed E-state index contributed by atoms with van der Waals surface area (Å²) in [4.78, 5) is 0. The van der Waals surface area contributed by atoms with E-state index in [1.807, 2.05) is 0 Å². The van der Waals surface area contributed by atoms with Crippen LogP contribution in [0.2, 0.25) is 0 Å². The average Bonchev–Trinajstić information content (AvgIpc) is 2.79. The molecule has 0 heterocycles. The Balaban J connectivity index is 2.17. The van der Waals surface area contributed by atoms with Crippen LogP contribution in [0.1, 0.15) is 39.5 Å². The second-order valence-corrected chi connectivity index (χ2v) is 5.21. The fourth-order valence-corrected chi connectivity index (χ4v) is 2.95. The SMILES string of the molecule is CCC1(C)CC=C2CC2(CS)C1. The molecular weight excluding hydrogens is 164 g/mol. The van der Waals surface area contributed by atoms with Crippen LogP contribution in [0.3, 0.4) is 0 Å². The lowest BCUT2D eigenvalue weighted by molar-refractivity contribution is 0.229. The number of fused-ring (bicyclic) bond motifs is 1. The van der Waals surface area contributed by atoms with Crippen LogP contribution in [-0.2, 0) is 0 Å². The molecule has 0 aromatic carbocycles. The summed E-state index contributed by atoms with van der Waals surface area (Å²) in [5.41, 5.74) is 2.82. The van der Waals surface area contributed by atoms with Gasteiger partial charge < -0.3 is 0 Å². The highest BCUT2D eigenvalue weighted by Crippen LogP contribution is 2.63. The highest BCUT2D eigenvalue weighted by molar-refractivity contribution is 7.80. The van der Waals surface area contributed by atoms with Gasteiger partial charge in [0.25, 0.3) is 0 Å². The molecule has 0 spiro atoms. The molecule has 0 aromatic heterocycles. The van der Waals surface area contributed by atoms with Gasteiger partial charge in [-0.05, 0) is 30.4 Å². The van der Waals surface area contributed by atoms with Crippen LogP contribution >= 0.6 is 12.6 Å². The number of hydrogen-bond donors (Lipinski definition) is 1. The lowest BCUT2D eigenvalue weighted by Crippen LogP contribution is -2.24. The van der Waals surface area contributed by atoms with Crippen LogP contribution in [0.25, 0.3) is 0 Å². The van der Waals surface area contributed by atoms with E-state index in [2.05, 4.69) is 32.6 Å². The summed E-state index contributed by atoms with van der Waals surface area (Å²) < 4.78 is 0. The van der Waals surface area contributed by atoms with Gasteiger partial charge >= 0.3 is 0 Å². The second kappa shape index (κ2) is 2.54. The number of rotatable bonds is 2. The lowest BCUT2D eigenvalue weighted by Gasteiger charge is -2.33. The first-order chi connectivity index (χ1) is 5.64. The normalized spacial score (nSPS) is 45.1. The minimum atomic E-state index is 0.548. The number of thiol groups is 1. The van der Waals surface area contributed by atoms with Gasteiger partial charge in [-0.1, -0.05) is 31.9 Å². The molecule has 2 unspecified atom stereocenters. The smallest absolute Gasteiger partial charge is 0.00428 e. The first-order valence-electron chi connectivity index (χ1n) is 4.95. The molecule has 1 fully saturated rings. The number of allylic oxidation sites excluding steroid dienone is 2. The summed E-state index contributed by atoms with van der Waals surface area (Å²) >= 11 is 4.47. The molecular formula is C11H18S. The summed E-state index contributed by atoms with van der Waals surface area (Å²) in [5.74, 6) is 1.06. The standard InChI is InChI=1S/C11H18S/c1-3-10(2)5-4-9-6-11(9,7-10)8-12/h4,12H,3,5-8H2,1-2H3. The second-order valence-electron chi connectivity index (χ2n) is 4.89. The molecule has 1 heteroatoms. The van der Waals surface area contributed by atoms with E-state index in [4.69, 9.17) is 0 Å². The van der Waals surface area contributed by atoms with Crippen LogP contribution in [0, 0.1) is 10.8 Å². The van der Waals surface area contributed by atoms with Gasteiger partial charge in [-0.3, -0.25) is 0 Å². The highest BCUT2D eigenvalue weighted by Gasteiger charge is 2.52.